The van der Waals surface area contributed by atoms with Gasteiger partial charge in [0.15, 0.2) is 11.4 Å². The van der Waals surface area contributed by atoms with Crippen LogP contribution in [0.5, 0.6) is 0 Å². The van der Waals surface area contributed by atoms with E-state index in [9.17, 15) is 9.90 Å². The Morgan fingerprint density at radius 1 is 1.18 bits per heavy atom. The molecule has 1 aromatic heterocycles. The van der Waals surface area contributed by atoms with Crippen LogP contribution in [0.25, 0.3) is 0 Å². The molecule has 0 bridgehead atoms. The number of thioether (sulfide) groups is 1. The highest BCUT2D eigenvalue weighted by Gasteiger charge is 2.38. The van der Waals surface area contributed by atoms with E-state index >= 15 is 0 Å². The van der Waals surface area contributed by atoms with Gasteiger partial charge in [0.25, 0.3) is 0 Å². The molecule has 1 fully saturated rings. The topological polar surface area (TPSA) is 121 Å². The van der Waals surface area contributed by atoms with E-state index in [4.69, 9.17) is 9.47 Å². The highest BCUT2D eigenvalue weighted by atomic mass is 32.2. The molecule has 4 N–H and O–H groups in total. The number of nitrogens with one attached hydrogen (secondary N) is 3. The minimum Gasteiger partial charge on any atom is -0.392 e. The maximum Gasteiger partial charge on any atom is 0.319 e. The fourth-order valence-electron chi connectivity index (χ4n) is 3.83. The summed E-state index contributed by atoms with van der Waals surface area (Å²) < 4.78 is 12.9. The average Bonchev–Trinajstić information content (AvgIpc) is 3.37. The van der Waals surface area contributed by atoms with Crippen LogP contribution in [-0.4, -0.2) is 44.7 Å². The van der Waals surface area contributed by atoms with E-state index < -0.39 is 6.29 Å². The number of urea groups is 1. The second kappa shape index (κ2) is 11.5. The molecule has 2 aromatic carbocycles. The number of anilines is 1. The predicted octanol–water partition coefficient (Wildman–Crippen LogP) is 4.02. The maximum atomic E-state index is 12.0. The summed E-state index contributed by atoms with van der Waals surface area (Å²) in [7, 11) is 0. The third kappa shape index (κ3) is 5.95. The smallest absolute Gasteiger partial charge is 0.319 e. The van der Waals surface area contributed by atoms with Crippen LogP contribution in [-0.2, 0) is 16.1 Å². The van der Waals surface area contributed by atoms with Gasteiger partial charge in [-0.1, -0.05) is 55.1 Å². The molecule has 2 amide bonds. The summed E-state index contributed by atoms with van der Waals surface area (Å²) in [5, 5.41) is 22.5. The van der Waals surface area contributed by atoms with Crippen molar-refractivity contribution in [3.63, 3.8) is 0 Å². The highest BCUT2D eigenvalue weighted by Crippen LogP contribution is 2.43. The molecule has 10 heteroatoms. The normalized spacial score (nSPS) is 22.3. The molecule has 0 spiro atoms. The molecule has 1 saturated heterocycles. The zero-order valence-electron chi connectivity index (χ0n) is 19.1. The Hall–Kier alpha value is -2.92. The molecular weight excluding hydrogens is 454 g/mol. The van der Waals surface area contributed by atoms with Crippen LogP contribution >= 0.6 is 11.8 Å². The number of aliphatic hydroxyl groups excluding tert-OH is 1. The van der Waals surface area contributed by atoms with Crippen molar-refractivity contribution in [1.29, 1.82) is 0 Å². The third-order valence-corrected chi connectivity index (χ3v) is 6.62. The lowest BCUT2D eigenvalue weighted by Gasteiger charge is -2.41. The molecule has 4 rings (SSSR count). The molecule has 0 unspecified atom stereocenters. The van der Waals surface area contributed by atoms with Gasteiger partial charge < -0.3 is 25.2 Å². The number of carbonyl (C=O) groups is 1. The first-order valence-corrected chi connectivity index (χ1v) is 12.2. The van der Waals surface area contributed by atoms with Crippen molar-refractivity contribution in [2.45, 2.75) is 44.1 Å². The summed E-state index contributed by atoms with van der Waals surface area (Å²) in [5.74, 6) is 0.724. The number of amides is 2. The van der Waals surface area contributed by atoms with Crippen LogP contribution in [0, 0.1) is 5.92 Å². The van der Waals surface area contributed by atoms with E-state index in [2.05, 4.69) is 32.7 Å². The molecule has 1 aliphatic heterocycles. The molecule has 0 aliphatic carbocycles. The van der Waals surface area contributed by atoms with Gasteiger partial charge in [0.2, 0.25) is 0 Å². The summed E-state index contributed by atoms with van der Waals surface area (Å²) >= 11 is 1.55. The van der Waals surface area contributed by atoms with Gasteiger partial charge in [-0.25, -0.2) is 9.78 Å². The monoisotopic (exact) mass is 483 g/mol. The van der Waals surface area contributed by atoms with Gasteiger partial charge in [-0.15, -0.1) is 0 Å². The summed E-state index contributed by atoms with van der Waals surface area (Å²) in [4.78, 5) is 16.2. The molecule has 2 heterocycles. The predicted molar refractivity (Wildman–Crippen MR) is 129 cm³/mol. The van der Waals surface area contributed by atoms with E-state index in [1.807, 2.05) is 55.5 Å². The van der Waals surface area contributed by atoms with Gasteiger partial charge in [0, 0.05) is 29.5 Å². The van der Waals surface area contributed by atoms with Crippen molar-refractivity contribution in [1.82, 2.24) is 20.5 Å². The second-order valence-electron chi connectivity index (χ2n) is 8.03. The fourth-order valence-corrected chi connectivity index (χ4v) is 4.78. The summed E-state index contributed by atoms with van der Waals surface area (Å²) in [5.41, 5.74) is 3.34. The van der Waals surface area contributed by atoms with Crippen LogP contribution in [0.4, 0.5) is 10.5 Å². The highest BCUT2D eigenvalue weighted by molar-refractivity contribution is 7.99. The van der Waals surface area contributed by atoms with Crippen molar-refractivity contribution >= 4 is 23.5 Å². The molecular formula is C24H29N5O4S. The fraction of sp³-hybridized carbons (Fsp3) is 0.375. The van der Waals surface area contributed by atoms with Crippen molar-refractivity contribution in [3.8, 4) is 0 Å². The van der Waals surface area contributed by atoms with E-state index in [0.717, 1.165) is 21.8 Å². The molecule has 9 nitrogen and oxygen atoms in total. The summed E-state index contributed by atoms with van der Waals surface area (Å²) in [6, 6.07) is 15.0. The van der Waals surface area contributed by atoms with Crippen LogP contribution in [0.1, 0.15) is 42.9 Å². The van der Waals surface area contributed by atoms with E-state index in [1.54, 1.807) is 11.8 Å². The first-order chi connectivity index (χ1) is 16.6. The van der Waals surface area contributed by atoms with Crippen molar-refractivity contribution in [3.05, 3.63) is 71.5 Å². The number of carbonyl (C=O) groups excluding carboxylic acids is 1. The Labute approximate surface area is 202 Å². The number of aromatic amines is 1. The van der Waals surface area contributed by atoms with E-state index in [-0.39, 0.29) is 30.8 Å². The standard InChI is InChI=1S/C24H29N5O4S/c1-3-25-23(31)28-19-6-4-5-18(11-19)22-32-20(13-34-24-26-14-27-29-24)15(2)21(33-22)17-9-7-16(12-30)8-10-17/h4-11,14-15,20-22,30H,3,12-13H2,1-2H3,(H2,25,28,31)(H,26,27,29)/t15-,20+,21+,22+/m0/s1. The van der Waals surface area contributed by atoms with Gasteiger partial charge in [-0.3, -0.25) is 5.10 Å². The summed E-state index contributed by atoms with van der Waals surface area (Å²) in [6.07, 6.45) is 0.524. The van der Waals surface area contributed by atoms with Crippen LogP contribution in [0.2, 0.25) is 0 Å². The molecule has 4 atom stereocenters. The van der Waals surface area contributed by atoms with Gasteiger partial charge in [-0.2, -0.15) is 5.10 Å². The second-order valence-corrected chi connectivity index (χ2v) is 9.04. The van der Waals surface area contributed by atoms with Gasteiger partial charge in [-0.05, 0) is 30.2 Å². The van der Waals surface area contributed by atoms with Crippen molar-refractivity contribution in [2.75, 3.05) is 17.6 Å². The number of hydrogen-bond acceptors (Lipinski definition) is 7. The Balaban J connectivity index is 1.57. The number of benzene rings is 2. The molecule has 180 valence electrons. The molecule has 3 aromatic rings. The first-order valence-electron chi connectivity index (χ1n) is 11.2. The molecule has 1 aliphatic rings. The first kappa shape index (κ1) is 24.2. The Bertz CT molecular complexity index is 1060. The Morgan fingerprint density at radius 2 is 2.00 bits per heavy atom. The number of hydrogen-bond donors (Lipinski definition) is 4. The molecule has 0 saturated carbocycles. The molecule has 0 radical (unpaired) electrons. The largest absolute Gasteiger partial charge is 0.392 e. The Morgan fingerprint density at radius 3 is 2.71 bits per heavy atom. The van der Waals surface area contributed by atoms with Crippen molar-refractivity contribution < 1.29 is 19.4 Å². The van der Waals surface area contributed by atoms with Crippen LogP contribution < -0.4 is 10.6 Å². The summed E-state index contributed by atoms with van der Waals surface area (Å²) in [6.45, 7) is 4.51. The van der Waals surface area contributed by atoms with Crippen molar-refractivity contribution in [2.24, 2.45) is 5.92 Å². The van der Waals surface area contributed by atoms with Gasteiger partial charge in [0.05, 0.1) is 18.8 Å². The number of aromatic nitrogens is 3. The van der Waals surface area contributed by atoms with E-state index in [1.165, 1.54) is 6.33 Å². The minimum atomic E-state index is -0.616. The van der Waals surface area contributed by atoms with E-state index in [0.29, 0.717) is 18.0 Å². The lowest BCUT2D eigenvalue weighted by molar-refractivity contribution is -0.268. The van der Waals surface area contributed by atoms with Crippen LogP contribution in [0.15, 0.2) is 60.0 Å². The third-order valence-electron chi connectivity index (χ3n) is 5.65. The zero-order chi connectivity index (χ0) is 23.9. The quantitative estimate of drug-likeness (QED) is 0.357. The SMILES string of the molecule is CCNC(=O)Nc1cccc([C@@H]2O[C@H](CSc3ncn[nH]3)[C@H](C)[C@H](c3ccc(CO)cc3)O2)c1. The maximum absolute atomic E-state index is 12.0. The number of rotatable bonds is 8. The number of H-pyrrole nitrogens is 1. The number of aliphatic hydroxyl groups is 1. The number of ether oxygens (including phenoxy) is 2. The van der Waals surface area contributed by atoms with Crippen LogP contribution in [0.3, 0.4) is 0 Å². The Kier molecular flexibility index (Phi) is 8.17. The minimum absolute atomic E-state index is 0.00502. The molecule has 34 heavy (non-hydrogen) atoms. The number of nitrogens with zero attached hydrogens (tertiary/aromatic N) is 2. The van der Waals surface area contributed by atoms with Gasteiger partial charge >= 0.3 is 6.03 Å². The average molecular weight is 484 g/mol. The lowest BCUT2D eigenvalue weighted by Crippen LogP contribution is -2.38. The zero-order valence-corrected chi connectivity index (χ0v) is 19.9. The van der Waals surface area contributed by atoms with Gasteiger partial charge in [0.1, 0.15) is 6.33 Å². The lowest BCUT2D eigenvalue weighted by atomic mass is 9.91.